The van der Waals surface area contributed by atoms with Crippen LogP contribution in [-0.4, -0.2) is 31.8 Å². The topological polar surface area (TPSA) is 76.0 Å². The third-order valence-corrected chi connectivity index (χ3v) is 5.59. The summed E-state index contributed by atoms with van der Waals surface area (Å²) in [7, 11) is -1.70. The molecule has 0 bridgehead atoms. The molecule has 0 aliphatic carbocycles. The smallest absolute Gasteiger partial charge is 0.244 e. The van der Waals surface area contributed by atoms with Crippen molar-refractivity contribution in [2.24, 2.45) is 0 Å². The van der Waals surface area contributed by atoms with E-state index in [0.717, 1.165) is 12.1 Å². The van der Waals surface area contributed by atoms with Crippen LogP contribution in [-0.2, 0) is 23.1 Å². The minimum Gasteiger partial charge on any atom is -0.318 e. The van der Waals surface area contributed by atoms with Crippen molar-refractivity contribution in [3.05, 3.63) is 33.8 Å². The molecule has 0 radical (unpaired) electrons. The molecule has 6 nitrogen and oxygen atoms in total. The molecule has 0 amide bonds. The van der Waals surface area contributed by atoms with Crippen molar-refractivity contribution < 1.29 is 8.42 Å². The molecule has 0 aliphatic rings. The molecule has 2 N–H and O–H groups in total. The number of hydrogen-bond acceptors (Lipinski definition) is 5. The molecule has 2 rings (SSSR count). The highest BCUT2D eigenvalue weighted by molar-refractivity contribution is 7.89. The molecule has 21 heavy (non-hydrogen) atoms. The number of nitrogens with zero attached hydrogens (tertiary/aromatic N) is 2. The van der Waals surface area contributed by atoms with Gasteiger partial charge in [0.25, 0.3) is 0 Å². The Balaban J connectivity index is 2.21. The van der Waals surface area contributed by atoms with E-state index in [1.165, 1.54) is 0 Å². The number of sulfonamides is 1. The average Bonchev–Trinajstić information content (AvgIpc) is 3.03. The summed E-state index contributed by atoms with van der Waals surface area (Å²) in [5.74, 6) is 0. The Bertz CT molecular complexity index is 690. The van der Waals surface area contributed by atoms with Crippen LogP contribution in [0.5, 0.6) is 0 Å². The highest BCUT2D eigenvalue weighted by Gasteiger charge is 2.24. The van der Waals surface area contributed by atoms with Crippen LogP contribution in [0.1, 0.15) is 17.0 Å². The molecule has 0 saturated carbocycles. The second-order valence-electron chi connectivity index (χ2n) is 4.78. The van der Waals surface area contributed by atoms with Gasteiger partial charge in [0.1, 0.15) is 4.90 Å². The molecule has 0 aliphatic heterocycles. The molecule has 0 aromatic carbocycles. The summed E-state index contributed by atoms with van der Waals surface area (Å²) < 4.78 is 29.3. The molecule has 2 heterocycles. The predicted molar refractivity (Wildman–Crippen MR) is 84.0 cm³/mol. The van der Waals surface area contributed by atoms with E-state index in [4.69, 9.17) is 0 Å². The van der Waals surface area contributed by atoms with Crippen molar-refractivity contribution >= 4 is 21.4 Å². The Labute approximate surface area is 129 Å². The summed E-state index contributed by atoms with van der Waals surface area (Å²) in [6.45, 7) is 5.19. The Morgan fingerprint density at radius 2 is 2.14 bits per heavy atom. The van der Waals surface area contributed by atoms with Crippen LogP contribution in [0, 0.1) is 13.8 Å². The number of aromatic nitrogens is 2. The minimum absolute atomic E-state index is 0.286. The van der Waals surface area contributed by atoms with Crippen molar-refractivity contribution in [1.82, 2.24) is 19.8 Å². The number of rotatable bonds is 7. The third-order valence-electron chi connectivity index (χ3n) is 3.20. The zero-order valence-corrected chi connectivity index (χ0v) is 14.0. The molecule has 0 fully saturated rings. The lowest BCUT2D eigenvalue weighted by molar-refractivity contribution is 0.564. The molecule has 0 saturated heterocycles. The van der Waals surface area contributed by atoms with E-state index < -0.39 is 10.0 Å². The van der Waals surface area contributed by atoms with Crippen LogP contribution in [0.15, 0.2) is 21.7 Å². The fourth-order valence-corrected chi connectivity index (χ4v) is 4.24. The Morgan fingerprint density at radius 3 is 2.76 bits per heavy atom. The molecule has 8 heteroatoms. The fraction of sp³-hybridized carbons (Fsp3) is 0.462. The number of nitrogens with one attached hydrogen (secondary N) is 2. The quantitative estimate of drug-likeness (QED) is 0.802. The molecule has 2 aromatic rings. The van der Waals surface area contributed by atoms with Gasteiger partial charge in [0.2, 0.25) is 10.0 Å². The van der Waals surface area contributed by atoms with Crippen molar-refractivity contribution in [2.45, 2.75) is 31.8 Å². The van der Waals surface area contributed by atoms with Crippen molar-refractivity contribution in [3.8, 4) is 0 Å². The van der Waals surface area contributed by atoms with Crippen LogP contribution in [0.2, 0.25) is 0 Å². The van der Waals surface area contributed by atoms with Gasteiger partial charge < -0.3 is 5.32 Å². The maximum absolute atomic E-state index is 12.5. The lowest BCUT2D eigenvalue weighted by atomic mass is 10.4. The molecular formula is C13H20N4O2S2. The van der Waals surface area contributed by atoms with Crippen molar-refractivity contribution in [2.75, 3.05) is 13.6 Å². The average molecular weight is 328 g/mol. The third kappa shape index (κ3) is 3.70. The van der Waals surface area contributed by atoms with Gasteiger partial charge in [-0.25, -0.2) is 13.1 Å². The number of likely N-dealkylation sites (N-methyl/N-ethyl adjacent to an activating group) is 1. The van der Waals surface area contributed by atoms with E-state index in [1.54, 1.807) is 29.9 Å². The number of thiophene rings is 1. The Kier molecular flexibility index (Phi) is 5.15. The second kappa shape index (κ2) is 6.69. The van der Waals surface area contributed by atoms with Gasteiger partial charge >= 0.3 is 0 Å². The maximum atomic E-state index is 12.5. The molecule has 0 atom stereocenters. The maximum Gasteiger partial charge on any atom is 0.244 e. The van der Waals surface area contributed by atoms with Gasteiger partial charge in [-0.2, -0.15) is 16.4 Å². The lowest BCUT2D eigenvalue weighted by Gasteiger charge is -2.07. The van der Waals surface area contributed by atoms with Crippen LogP contribution < -0.4 is 10.0 Å². The molecule has 116 valence electrons. The largest absolute Gasteiger partial charge is 0.318 e. The lowest BCUT2D eigenvalue weighted by Crippen LogP contribution is -2.24. The molecule has 2 aromatic heterocycles. The van der Waals surface area contributed by atoms with Gasteiger partial charge in [0, 0.05) is 13.1 Å². The van der Waals surface area contributed by atoms with Crippen LogP contribution in [0.4, 0.5) is 0 Å². The molecule has 0 spiro atoms. The summed E-state index contributed by atoms with van der Waals surface area (Å²) in [5, 5.41) is 11.2. The van der Waals surface area contributed by atoms with Crippen LogP contribution in [0.25, 0.3) is 0 Å². The number of hydrogen-bond donors (Lipinski definition) is 2. The normalized spacial score (nSPS) is 12.0. The summed E-state index contributed by atoms with van der Waals surface area (Å²) in [6, 6.07) is 1.91. The SMILES string of the molecule is CNCCn1nc(C)c(S(=O)(=O)NCc2ccsc2)c1C. The summed E-state index contributed by atoms with van der Waals surface area (Å²) in [5.41, 5.74) is 2.16. The van der Waals surface area contributed by atoms with E-state index in [2.05, 4.69) is 15.1 Å². The van der Waals surface area contributed by atoms with E-state index in [0.29, 0.717) is 24.5 Å². The van der Waals surface area contributed by atoms with Gasteiger partial charge in [-0.15, -0.1) is 0 Å². The second-order valence-corrected chi connectivity index (χ2v) is 7.27. The zero-order valence-electron chi connectivity index (χ0n) is 12.4. The van der Waals surface area contributed by atoms with Gasteiger partial charge in [-0.3, -0.25) is 4.68 Å². The van der Waals surface area contributed by atoms with E-state index in [-0.39, 0.29) is 4.90 Å². The first kappa shape index (κ1) is 16.2. The van der Waals surface area contributed by atoms with Gasteiger partial charge in [-0.05, 0) is 43.3 Å². The highest BCUT2D eigenvalue weighted by Crippen LogP contribution is 2.19. The van der Waals surface area contributed by atoms with Gasteiger partial charge in [0.05, 0.1) is 17.9 Å². The fourth-order valence-electron chi connectivity index (χ4n) is 2.15. The zero-order chi connectivity index (χ0) is 15.5. The van der Waals surface area contributed by atoms with E-state index in [9.17, 15) is 8.42 Å². The van der Waals surface area contributed by atoms with Crippen molar-refractivity contribution in [1.29, 1.82) is 0 Å². The van der Waals surface area contributed by atoms with E-state index in [1.807, 2.05) is 23.9 Å². The molecule has 0 unspecified atom stereocenters. The first-order valence-corrected chi connectivity index (χ1v) is 9.07. The van der Waals surface area contributed by atoms with E-state index >= 15 is 0 Å². The first-order chi connectivity index (χ1) is 9.95. The van der Waals surface area contributed by atoms with Gasteiger partial charge in [-0.1, -0.05) is 0 Å². The summed E-state index contributed by atoms with van der Waals surface area (Å²) in [6.07, 6.45) is 0. The Hall–Kier alpha value is -1.22. The predicted octanol–water partition coefficient (Wildman–Crippen LogP) is 1.26. The van der Waals surface area contributed by atoms with Crippen LogP contribution >= 0.6 is 11.3 Å². The van der Waals surface area contributed by atoms with Gasteiger partial charge in [0.15, 0.2) is 0 Å². The number of aryl methyl sites for hydroxylation is 1. The highest BCUT2D eigenvalue weighted by atomic mass is 32.2. The first-order valence-electron chi connectivity index (χ1n) is 6.65. The Morgan fingerprint density at radius 1 is 1.38 bits per heavy atom. The minimum atomic E-state index is -3.55. The summed E-state index contributed by atoms with van der Waals surface area (Å²) >= 11 is 1.55. The monoisotopic (exact) mass is 328 g/mol. The van der Waals surface area contributed by atoms with Crippen molar-refractivity contribution in [3.63, 3.8) is 0 Å². The standard InChI is InChI=1S/C13H20N4O2S2/c1-10-13(11(2)17(16-10)6-5-14-3)21(18,19)15-8-12-4-7-20-9-12/h4,7,9,14-15H,5-6,8H2,1-3H3. The van der Waals surface area contributed by atoms with Crippen LogP contribution in [0.3, 0.4) is 0 Å². The summed E-state index contributed by atoms with van der Waals surface area (Å²) in [4.78, 5) is 0.286. The molecular weight excluding hydrogens is 308 g/mol.